The molecule has 4 rings (SSSR count). The van der Waals surface area contributed by atoms with Gasteiger partial charge < -0.3 is 4.74 Å². The maximum atomic E-state index is 14.9. The molecule has 0 fully saturated rings. The van der Waals surface area contributed by atoms with E-state index in [1.165, 1.54) is 11.9 Å². The minimum Gasteiger partial charge on any atom is -0.444 e. The van der Waals surface area contributed by atoms with Crippen LogP contribution in [0.3, 0.4) is 0 Å². The molecule has 0 aliphatic carbocycles. The van der Waals surface area contributed by atoms with Crippen LogP contribution in [-0.4, -0.2) is 22.1 Å². The van der Waals surface area contributed by atoms with Crippen molar-refractivity contribution in [2.24, 2.45) is 11.0 Å². The molecule has 3 aromatic carbocycles. The molecule has 0 radical (unpaired) electrons. The molecule has 0 saturated carbocycles. The highest BCUT2D eigenvalue weighted by Gasteiger charge is 2.53. The summed E-state index contributed by atoms with van der Waals surface area (Å²) in [5.74, 6) is -1.92. The van der Waals surface area contributed by atoms with Crippen molar-refractivity contribution in [3.05, 3.63) is 114 Å². The van der Waals surface area contributed by atoms with Crippen LogP contribution in [-0.2, 0) is 21.0 Å². The Morgan fingerprint density at radius 3 is 2.54 bits per heavy atom. The predicted molar refractivity (Wildman–Crippen MR) is 150 cm³/mol. The number of ether oxygens (including phenoxy) is 1. The number of hydrogen-bond donors (Lipinski definition) is 1. The Kier molecular flexibility index (Phi) is 8.81. The van der Waals surface area contributed by atoms with Crippen LogP contribution in [0.25, 0.3) is 0 Å². The molecule has 202 valence electrons. The second-order valence-corrected chi connectivity index (χ2v) is 10.2. The van der Waals surface area contributed by atoms with Crippen LogP contribution in [0.2, 0.25) is 0 Å². The van der Waals surface area contributed by atoms with Gasteiger partial charge in [-0.25, -0.2) is 18.6 Å². The lowest BCUT2D eigenvalue weighted by atomic mass is 9.86. The summed E-state index contributed by atoms with van der Waals surface area (Å²) in [5.41, 5.74) is 1.77. The lowest BCUT2D eigenvalue weighted by Gasteiger charge is -2.42. The summed E-state index contributed by atoms with van der Waals surface area (Å²) in [6.45, 7) is 7.31. The minimum absolute atomic E-state index is 0.0470. The average molecular weight is 550 g/mol. The zero-order chi connectivity index (χ0) is 28.0. The summed E-state index contributed by atoms with van der Waals surface area (Å²) in [6.07, 6.45) is 2.17. The molecule has 0 bridgehead atoms. The van der Waals surface area contributed by atoms with Gasteiger partial charge in [-0.05, 0) is 42.7 Å². The predicted octanol–water partition coefficient (Wildman–Crippen LogP) is 7.43. The van der Waals surface area contributed by atoms with Crippen molar-refractivity contribution >= 4 is 34.5 Å². The number of halogens is 2. The molecule has 1 aliphatic heterocycles. The van der Waals surface area contributed by atoms with Gasteiger partial charge in [0.2, 0.25) is 5.91 Å². The Morgan fingerprint density at radius 1 is 1.13 bits per heavy atom. The number of para-hydroxylation sites is 1. The Balaban J connectivity index is 1.77. The highest BCUT2D eigenvalue weighted by molar-refractivity contribution is 8.15. The third kappa shape index (κ3) is 5.88. The van der Waals surface area contributed by atoms with E-state index in [0.29, 0.717) is 24.1 Å². The van der Waals surface area contributed by atoms with Gasteiger partial charge in [0.15, 0.2) is 0 Å². The molecule has 6 nitrogen and oxygen atoms in total. The summed E-state index contributed by atoms with van der Waals surface area (Å²) in [5, 5.41) is 8.80. The third-order valence-corrected chi connectivity index (χ3v) is 8.01. The quantitative estimate of drug-likeness (QED) is 0.282. The molecule has 0 saturated heterocycles. The van der Waals surface area contributed by atoms with Crippen LogP contribution in [0.1, 0.15) is 43.4 Å². The van der Waals surface area contributed by atoms with Crippen LogP contribution in [0, 0.1) is 17.6 Å². The standard InChI is InChI=1S/C30H29F2N3O3S/c1-4-11-22(5-2)30(35(20(3)36)34-28(39-30)24-18-23(31)16-17-26(24)32)25-14-9-10-15-27(25)33-29(37)38-19-21-12-7-6-8-13-21/h4,6-10,12-18,22H,1,5,11,19H2,2-3H3,(H,33,37). The average Bonchev–Trinajstić information content (AvgIpc) is 3.34. The van der Waals surface area contributed by atoms with Gasteiger partial charge in [0.1, 0.15) is 28.2 Å². The van der Waals surface area contributed by atoms with Crippen molar-refractivity contribution in [1.29, 1.82) is 0 Å². The van der Waals surface area contributed by atoms with Gasteiger partial charge in [-0.15, -0.1) is 6.58 Å². The monoisotopic (exact) mass is 549 g/mol. The number of nitrogens with one attached hydrogen (secondary N) is 1. The van der Waals surface area contributed by atoms with Crippen LogP contribution >= 0.6 is 11.8 Å². The van der Waals surface area contributed by atoms with Gasteiger partial charge in [-0.2, -0.15) is 5.10 Å². The summed E-state index contributed by atoms with van der Waals surface area (Å²) in [4.78, 5) is 24.7. The van der Waals surface area contributed by atoms with Crippen molar-refractivity contribution in [2.45, 2.75) is 38.2 Å². The number of nitrogens with zero attached hydrogens (tertiary/aromatic N) is 2. The van der Waals surface area contributed by atoms with Gasteiger partial charge in [-0.3, -0.25) is 10.1 Å². The second kappa shape index (κ2) is 12.3. The maximum Gasteiger partial charge on any atom is 0.411 e. The normalized spacial score (nSPS) is 17.3. The molecule has 2 unspecified atom stereocenters. The van der Waals surface area contributed by atoms with E-state index in [1.54, 1.807) is 30.3 Å². The van der Waals surface area contributed by atoms with Crippen LogP contribution in [0.4, 0.5) is 19.3 Å². The van der Waals surface area contributed by atoms with Crippen LogP contribution < -0.4 is 5.32 Å². The Labute approximate surface area is 230 Å². The molecule has 9 heteroatoms. The van der Waals surface area contributed by atoms with Gasteiger partial charge in [-0.1, -0.05) is 73.3 Å². The Bertz CT molecular complexity index is 1400. The molecule has 1 heterocycles. The molecule has 1 aliphatic rings. The molecule has 2 atom stereocenters. The fourth-order valence-electron chi connectivity index (χ4n) is 4.67. The van der Waals surface area contributed by atoms with E-state index in [4.69, 9.17) is 4.74 Å². The van der Waals surface area contributed by atoms with E-state index in [2.05, 4.69) is 17.0 Å². The van der Waals surface area contributed by atoms with Crippen molar-refractivity contribution < 1.29 is 23.1 Å². The largest absolute Gasteiger partial charge is 0.444 e. The van der Waals surface area contributed by atoms with Gasteiger partial charge in [0, 0.05) is 24.0 Å². The van der Waals surface area contributed by atoms with Crippen molar-refractivity contribution in [3.8, 4) is 0 Å². The van der Waals surface area contributed by atoms with E-state index < -0.39 is 28.5 Å². The van der Waals surface area contributed by atoms with Crippen molar-refractivity contribution in [2.75, 3.05) is 5.32 Å². The number of carbonyl (C=O) groups excluding carboxylic acids is 2. The van der Waals surface area contributed by atoms with E-state index in [0.717, 1.165) is 35.5 Å². The molecule has 0 aromatic heterocycles. The first-order valence-corrected chi connectivity index (χ1v) is 13.3. The van der Waals surface area contributed by atoms with E-state index in [-0.39, 0.29) is 23.1 Å². The van der Waals surface area contributed by atoms with Crippen molar-refractivity contribution in [3.63, 3.8) is 0 Å². The minimum atomic E-state index is -1.19. The molecule has 39 heavy (non-hydrogen) atoms. The number of anilines is 1. The number of amides is 2. The Hall–Kier alpha value is -3.98. The highest BCUT2D eigenvalue weighted by atomic mass is 32.2. The second-order valence-electron chi connectivity index (χ2n) is 9.02. The topological polar surface area (TPSA) is 71.0 Å². The molecule has 0 spiro atoms. The lowest BCUT2D eigenvalue weighted by Crippen LogP contribution is -2.46. The molecule has 1 N–H and O–H groups in total. The molecular formula is C30H29F2N3O3S. The molecule has 2 amide bonds. The van der Waals surface area contributed by atoms with Gasteiger partial charge in [0.05, 0.1) is 5.69 Å². The summed E-state index contributed by atoms with van der Waals surface area (Å²) in [7, 11) is 0. The first-order valence-electron chi connectivity index (χ1n) is 12.5. The van der Waals surface area contributed by atoms with E-state index in [1.807, 2.05) is 37.3 Å². The van der Waals surface area contributed by atoms with Crippen molar-refractivity contribution in [1.82, 2.24) is 5.01 Å². The zero-order valence-electron chi connectivity index (χ0n) is 21.7. The van der Waals surface area contributed by atoms with E-state index >= 15 is 0 Å². The zero-order valence-corrected chi connectivity index (χ0v) is 22.5. The fourth-order valence-corrected chi connectivity index (χ4v) is 6.33. The smallest absolute Gasteiger partial charge is 0.411 e. The number of rotatable bonds is 9. The number of hydrogen-bond acceptors (Lipinski definition) is 5. The molecule has 3 aromatic rings. The first-order chi connectivity index (χ1) is 18.8. The Morgan fingerprint density at radius 2 is 1.85 bits per heavy atom. The number of benzene rings is 3. The van der Waals surface area contributed by atoms with E-state index in [9.17, 15) is 18.4 Å². The number of allylic oxidation sites excluding steroid dienone is 1. The summed E-state index contributed by atoms with van der Waals surface area (Å²) < 4.78 is 34.4. The van der Waals surface area contributed by atoms with Crippen LogP contribution in [0.15, 0.2) is 90.6 Å². The lowest BCUT2D eigenvalue weighted by molar-refractivity contribution is -0.133. The number of hydrazone groups is 1. The maximum absolute atomic E-state index is 14.9. The molecular weight excluding hydrogens is 520 g/mol. The number of thioether (sulfide) groups is 1. The summed E-state index contributed by atoms with van der Waals surface area (Å²) in [6, 6.07) is 19.5. The fraction of sp³-hybridized carbons (Fsp3) is 0.233. The third-order valence-electron chi connectivity index (χ3n) is 6.47. The SMILES string of the molecule is C=CCC(CC)C1(c2ccccc2NC(=O)OCc2ccccc2)SC(c2cc(F)ccc2F)=NN1C(C)=O. The van der Waals surface area contributed by atoms with Gasteiger partial charge >= 0.3 is 6.09 Å². The highest BCUT2D eigenvalue weighted by Crippen LogP contribution is 2.56. The van der Waals surface area contributed by atoms with Crippen LogP contribution in [0.5, 0.6) is 0 Å². The number of carbonyl (C=O) groups is 2. The van der Waals surface area contributed by atoms with Gasteiger partial charge in [0.25, 0.3) is 0 Å². The first kappa shape index (κ1) is 28.0. The summed E-state index contributed by atoms with van der Waals surface area (Å²) >= 11 is 1.16.